The molecule has 19 heavy (non-hydrogen) atoms. The summed E-state index contributed by atoms with van der Waals surface area (Å²) < 4.78 is 5.35. The number of carbonyl (C=O) groups excluding carboxylic acids is 1. The van der Waals surface area contributed by atoms with Gasteiger partial charge >= 0.3 is 0 Å². The number of furan rings is 1. The van der Waals surface area contributed by atoms with Crippen molar-refractivity contribution in [1.29, 1.82) is 0 Å². The van der Waals surface area contributed by atoms with Crippen LogP contribution in [0.15, 0.2) is 39.6 Å². The van der Waals surface area contributed by atoms with Gasteiger partial charge in [0, 0.05) is 5.56 Å². The van der Waals surface area contributed by atoms with Crippen molar-refractivity contribution >= 4 is 56.3 Å². The summed E-state index contributed by atoms with van der Waals surface area (Å²) in [5.74, 6) is -0.345. The highest BCUT2D eigenvalue weighted by Crippen LogP contribution is 2.25. The fourth-order valence-electron chi connectivity index (χ4n) is 1.42. The van der Waals surface area contributed by atoms with Crippen molar-refractivity contribution in [1.82, 2.24) is 0 Å². The molecular weight excluding hydrogens is 352 g/mol. The molecule has 7 heteroatoms. The third kappa shape index (κ3) is 3.15. The lowest BCUT2D eigenvalue weighted by atomic mass is 10.2. The normalized spacial score (nSPS) is 10.2. The molecule has 0 saturated heterocycles. The van der Waals surface area contributed by atoms with Gasteiger partial charge < -0.3 is 15.5 Å². The van der Waals surface area contributed by atoms with Gasteiger partial charge in [-0.15, -0.1) is 0 Å². The maximum Gasteiger partial charge on any atom is 0.260 e. The summed E-state index contributed by atoms with van der Waals surface area (Å²) >= 11 is 14.0. The predicted octanol–water partition coefficient (Wildman–Crippen LogP) is 3.58. The molecule has 2 aromatic rings. The molecule has 0 atom stereocenters. The first-order chi connectivity index (χ1) is 8.99. The number of amides is 1. The second-order valence-electron chi connectivity index (χ2n) is 3.62. The predicted molar refractivity (Wildman–Crippen MR) is 81.7 cm³/mol. The molecule has 0 aliphatic heterocycles. The molecule has 2 rings (SSSR count). The average Bonchev–Trinajstić information content (AvgIpc) is 2.78. The first-order valence-corrected chi connectivity index (χ1v) is 6.70. The molecule has 4 nitrogen and oxygen atoms in total. The van der Waals surface area contributed by atoms with E-state index in [0.717, 1.165) is 0 Å². The van der Waals surface area contributed by atoms with Crippen LogP contribution in [0.1, 0.15) is 15.9 Å². The molecule has 3 N–H and O–H groups in total. The van der Waals surface area contributed by atoms with Crippen molar-refractivity contribution in [3.8, 4) is 0 Å². The standard InChI is InChI=1S/C12H8BrClN2O2S/c13-10-7(3-4-18-10)12(17)16-9-5-6(11(15)19)1-2-8(9)14/h1-5H,(H2,15,19)(H,16,17). The fourth-order valence-corrected chi connectivity index (χ4v) is 2.13. The minimum atomic E-state index is -0.345. The van der Waals surface area contributed by atoms with E-state index in [-0.39, 0.29) is 10.9 Å². The summed E-state index contributed by atoms with van der Waals surface area (Å²) in [7, 11) is 0. The SMILES string of the molecule is NC(=S)c1ccc(Cl)c(NC(=O)c2ccoc2Br)c1. The Hall–Kier alpha value is -1.37. The molecule has 1 aromatic carbocycles. The Morgan fingerprint density at radius 3 is 2.74 bits per heavy atom. The van der Waals surface area contributed by atoms with E-state index >= 15 is 0 Å². The summed E-state index contributed by atoms with van der Waals surface area (Å²) in [4.78, 5) is 12.2. The van der Waals surface area contributed by atoms with Crippen molar-refractivity contribution in [2.45, 2.75) is 0 Å². The molecule has 0 aliphatic rings. The second kappa shape index (κ2) is 5.73. The zero-order valence-corrected chi connectivity index (χ0v) is 12.6. The van der Waals surface area contributed by atoms with E-state index in [0.29, 0.717) is 26.5 Å². The number of hydrogen-bond acceptors (Lipinski definition) is 3. The number of halogens is 2. The molecule has 0 aliphatic carbocycles. The van der Waals surface area contributed by atoms with Crippen LogP contribution < -0.4 is 11.1 Å². The van der Waals surface area contributed by atoms with Crippen LogP contribution in [0, 0.1) is 0 Å². The molecular formula is C12H8BrClN2O2S. The molecule has 0 unspecified atom stereocenters. The molecule has 0 bridgehead atoms. The van der Waals surface area contributed by atoms with Crippen LogP contribution in [0.2, 0.25) is 5.02 Å². The summed E-state index contributed by atoms with van der Waals surface area (Å²) in [6.45, 7) is 0. The maximum atomic E-state index is 12.0. The minimum Gasteiger partial charge on any atom is -0.457 e. The van der Waals surface area contributed by atoms with Crippen molar-refractivity contribution < 1.29 is 9.21 Å². The highest BCUT2D eigenvalue weighted by atomic mass is 79.9. The van der Waals surface area contributed by atoms with Gasteiger partial charge in [0.05, 0.1) is 22.5 Å². The van der Waals surface area contributed by atoms with Crippen LogP contribution in [0.3, 0.4) is 0 Å². The number of thiocarbonyl (C=S) groups is 1. The van der Waals surface area contributed by atoms with Gasteiger partial charge in [0.15, 0.2) is 4.67 Å². The van der Waals surface area contributed by atoms with E-state index in [2.05, 4.69) is 21.2 Å². The first-order valence-electron chi connectivity index (χ1n) is 5.12. The fraction of sp³-hybridized carbons (Fsp3) is 0. The lowest BCUT2D eigenvalue weighted by Crippen LogP contribution is -2.14. The van der Waals surface area contributed by atoms with E-state index in [1.165, 1.54) is 6.26 Å². The topological polar surface area (TPSA) is 68.3 Å². The van der Waals surface area contributed by atoms with Crippen LogP contribution in [0.25, 0.3) is 0 Å². The number of benzene rings is 1. The number of rotatable bonds is 3. The van der Waals surface area contributed by atoms with Gasteiger partial charge in [-0.25, -0.2) is 0 Å². The average molecular weight is 360 g/mol. The zero-order chi connectivity index (χ0) is 14.0. The van der Waals surface area contributed by atoms with E-state index in [1.54, 1.807) is 24.3 Å². The van der Waals surface area contributed by atoms with Gasteiger partial charge in [-0.1, -0.05) is 29.9 Å². The smallest absolute Gasteiger partial charge is 0.260 e. The van der Waals surface area contributed by atoms with E-state index in [1.807, 2.05) is 0 Å². The lowest BCUT2D eigenvalue weighted by Gasteiger charge is -2.08. The molecule has 1 aromatic heterocycles. The molecule has 0 saturated carbocycles. The van der Waals surface area contributed by atoms with Crippen molar-refractivity contribution in [2.24, 2.45) is 5.73 Å². The van der Waals surface area contributed by atoms with Gasteiger partial charge in [0.2, 0.25) is 0 Å². The number of carbonyl (C=O) groups is 1. The van der Waals surface area contributed by atoms with Crippen molar-refractivity contribution in [3.05, 3.63) is 51.3 Å². The Bertz CT molecular complexity index is 657. The van der Waals surface area contributed by atoms with E-state index in [4.69, 9.17) is 34.0 Å². The monoisotopic (exact) mass is 358 g/mol. The van der Waals surface area contributed by atoms with Gasteiger partial charge in [0.25, 0.3) is 5.91 Å². The Labute approximate surface area is 128 Å². The molecule has 0 radical (unpaired) electrons. The van der Waals surface area contributed by atoms with Gasteiger partial charge in [-0.05, 0) is 34.1 Å². The molecule has 1 heterocycles. The Morgan fingerprint density at radius 2 is 2.16 bits per heavy atom. The zero-order valence-electron chi connectivity index (χ0n) is 9.44. The van der Waals surface area contributed by atoms with Crippen LogP contribution in [-0.4, -0.2) is 10.9 Å². The van der Waals surface area contributed by atoms with Crippen LogP contribution in [-0.2, 0) is 0 Å². The van der Waals surface area contributed by atoms with Crippen molar-refractivity contribution in [2.75, 3.05) is 5.32 Å². The Kier molecular flexibility index (Phi) is 4.24. The lowest BCUT2D eigenvalue weighted by molar-refractivity contribution is 0.102. The first kappa shape index (κ1) is 14.0. The summed E-state index contributed by atoms with van der Waals surface area (Å²) in [5.41, 5.74) is 6.97. The number of hydrogen-bond donors (Lipinski definition) is 2. The quantitative estimate of drug-likeness (QED) is 0.822. The third-order valence-electron chi connectivity index (χ3n) is 2.36. The number of nitrogens with one attached hydrogen (secondary N) is 1. The molecule has 0 spiro atoms. The molecule has 0 fully saturated rings. The van der Waals surface area contributed by atoms with Gasteiger partial charge in [-0.2, -0.15) is 0 Å². The van der Waals surface area contributed by atoms with E-state index in [9.17, 15) is 4.79 Å². The van der Waals surface area contributed by atoms with Crippen LogP contribution in [0.4, 0.5) is 5.69 Å². The Balaban J connectivity index is 2.28. The van der Waals surface area contributed by atoms with Gasteiger partial charge in [0.1, 0.15) is 4.99 Å². The minimum absolute atomic E-state index is 0.233. The number of anilines is 1. The highest BCUT2D eigenvalue weighted by Gasteiger charge is 2.14. The summed E-state index contributed by atoms with van der Waals surface area (Å²) in [6, 6.07) is 6.48. The molecule has 98 valence electrons. The second-order valence-corrected chi connectivity index (χ2v) is 5.19. The van der Waals surface area contributed by atoms with Gasteiger partial charge in [-0.3, -0.25) is 4.79 Å². The third-order valence-corrected chi connectivity index (χ3v) is 3.54. The number of nitrogens with two attached hydrogens (primary N) is 1. The molecule has 1 amide bonds. The largest absolute Gasteiger partial charge is 0.457 e. The van der Waals surface area contributed by atoms with E-state index < -0.39 is 0 Å². The summed E-state index contributed by atoms with van der Waals surface area (Å²) in [6.07, 6.45) is 1.41. The highest BCUT2D eigenvalue weighted by molar-refractivity contribution is 9.10. The summed E-state index contributed by atoms with van der Waals surface area (Å²) in [5, 5.41) is 3.07. The Morgan fingerprint density at radius 1 is 1.42 bits per heavy atom. The van der Waals surface area contributed by atoms with Crippen LogP contribution >= 0.6 is 39.7 Å². The van der Waals surface area contributed by atoms with Crippen LogP contribution in [0.5, 0.6) is 0 Å². The van der Waals surface area contributed by atoms with Crippen molar-refractivity contribution in [3.63, 3.8) is 0 Å². The maximum absolute atomic E-state index is 12.0.